The van der Waals surface area contributed by atoms with Crippen LogP contribution in [0.4, 0.5) is 0 Å². The van der Waals surface area contributed by atoms with E-state index in [0.717, 1.165) is 0 Å². The maximum atomic E-state index is 10.5. The van der Waals surface area contributed by atoms with Gasteiger partial charge in [-0.25, -0.2) is 0 Å². The fourth-order valence-corrected chi connectivity index (χ4v) is 0.643. The highest BCUT2D eigenvalue weighted by Crippen LogP contribution is 2.40. The Morgan fingerprint density at radius 3 is 1.64 bits per heavy atom. The molecular formula is C9H18O2. The van der Waals surface area contributed by atoms with Crippen molar-refractivity contribution in [1.82, 2.24) is 0 Å². The molecule has 2 heteroatoms. The first-order valence-corrected chi connectivity index (χ1v) is 3.88. The van der Waals surface area contributed by atoms with Crippen LogP contribution in [0.5, 0.6) is 0 Å². The second-order valence-corrected chi connectivity index (χ2v) is 4.70. The first-order valence-electron chi connectivity index (χ1n) is 3.88. The molecule has 1 N–H and O–H groups in total. The van der Waals surface area contributed by atoms with Gasteiger partial charge in [0, 0.05) is 0 Å². The van der Waals surface area contributed by atoms with Crippen LogP contribution in [-0.2, 0) is 4.79 Å². The maximum Gasteiger partial charge on any atom is 0.303 e. The van der Waals surface area contributed by atoms with Crippen molar-refractivity contribution in [2.24, 2.45) is 10.8 Å². The first kappa shape index (κ1) is 10.5. The van der Waals surface area contributed by atoms with Crippen LogP contribution < -0.4 is 0 Å². The third kappa shape index (κ3) is 2.91. The quantitative estimate of drug-likeness (QED) is 0.670. The Morgan fingerprint density at radius 1 is 1.18 bits per heavy atom. The summed E-state index contributed by atoms with van der Waals surface area (Å²) < 4.78 is 0. The molecule has 0 aliphatic rings. The maximum absolute atomic E-state index is 10.5. The van der Waals surface area contributed by atoms with Crippen LogP contribution in [0.1, 0.15) is 41.0 Å². The molecule has 0 aromatic heterocycles. The van der Waals surface area contributed by atoms with Gasteiger partial charge < -0.3 is 5.11 Å². The van der Waals surface area contributed by atoms with Crippen LogP contribution >= 0.6 is 0 Å². The number of hydrogen-bond acceptors (Lipinski definition) is 1. The molecule has 0 saturated heterocycles. The molecule has 0 aliphatic heterocycles. The summed E-state index contributed by atoms with van der Waals surface area (Å²) in [6.07, 6.45) is 0.233. The molecule has 0 bridgehead atoms. The lowest BCUT2D eigenvalue weighted by atomic mass is 9.67. The van der Waals surface area contributed by atoms with Crippen molar-refractivity contribution in [1.29, 1.82) is 0 Å². The van der Waals surface area contributed by atoms with E-state index in [1.54, 1.807) is 0 Å². The molecule has 0 atom stereocenters. The van der Waals surface area contributed by atoms with Gasteiger partial charge in [0.15, 0.2) is 0 Å². The average Bonchev–Trinajstić information content (AvgIpc) is 1.56. The Kier molecular flexibility index (Phi) is 2.70. The third-order valence-electron chi connectivity index (χ3n) is 2.62. The molecule has 0 spiro atoms. The molecule has 0 radical (unpaired) electrons. The van der Waals surface area contributed by atoms with Crippen molar-refractivity contribution >= 4 is 5.97 Å². The van der Waals surface area contributed by atoms with Gasteiger partial charge in [0.2, 0.25) is 0 Å². The lowest BCUT2D eigenvalue weighted by Crippen LogP contribution is -2.31. The zero-order valence-electron chi connectivity index (χ0n) is 8.06. The fraction of sp³-hybridized carbons (Fsp3) is 0.889. The summed E-state index contributed by atoms with van der Waals surface area (Å²) in [7, 11) is 0. The largest absolute Gasteiger partial charge is 0.481 e. The lowest BCUT2D eigenvalue weighted by molar-refractivity contribution is -0.141. The molecule has 0 fully saturated rings. The average molecular weight is 158 g/mol. The summed E-state index contributed by atoms with van der Waals surface area (Å²) >= 11 is 0. The highest BCUT2D eigenvalue weighted by Gasteiger charge is 2.34. The molecule has 11 heavy (non-hydrogen) atoms. The zero-order valence-corrected chi connectivity index (χ0v) is 8.06. The first-order chi connectivity index (χ1) is 4.67. The van der Waals surface area contributed by atoms with Crippen LogP contribution in [-0.4, -0.2) is 11.1 Å². The minimum absolute atomic E-state index is 0.0470. The van der Waals surface area contributed by atoms with Gasteiger partial charge in [-0.1, -0.05) is 34.6 Å². The highest BCUT2D eigenvalue weighted by molar-refractivity contribution is 5.67. The molecular weight excluding hydrogens is 140 g/mol. The molecule has 0 rings (SSSR count). The van der Waals surface area contributed by atoms with Crippen LogP contribution in [0.25, 0.3) is 0 Å². The summed E-state index contributed by atoms with van der Waals surface area (Å²) in [6.45, 7) is 10.2. The van der Waals surface area contributed by atoms with Crippen LogP contribution in [0.3, 0.4) is 0 Å². The number of rotatable bonds is 2. The molecule has 0 saturated carbocycles. The number of carboxylic acids is 1. The minimum atomic E-state index is -0.718. The molecule has 2 nitrogen and oxygen atoms in total. The third-order valence-corrected chi connectivity index (χ3v) is 2.62. The van der Waals surface area contributed by atoms with Crippen LogP contribution in [0.15, 0.2) is 0 Å². The van der Waals surface area contributed by atoms with Gasteiger partial charge in [-0.3, -0.25) is 4.79 Å². The Labute approximate surface area is 68.6 Å². The summed E-state index contributed by atoms with van der Waals surface area (Å²) in [5.41, 5.74) is -0.0930. The van der Waals surface area contributed by atoms with Crippen molar-refractivity contribution in [3.05, 3.63) is 0 Å². The van der Waals surface area contributed by atoms with Gasteiger partial charge in [0.25, 0.3) is 0 Å². The summed E-state index contributed by atoms with van der Waals surface area (Å²) in [4.78, 5) is 10.5. The fourth-order valence-electron chi connectivity index (χ4n) is 0.643. The van der Waals surface area contributed by atoms with Crippen molar-refractivity contribution in [3.63, 3.8) is 0 Å². The van der Waals surface area contributed by atoms with E-state index < -0.39 is 5.97 Å². The van der Waals surface area contributed by atoms with Crippen molar-refractivity contribution < 1.29 is 9.90 Å². The predicted molar refractivity (Wildman–Crippen MR) is 45.5 cm³/mol. The Bertz CT molecular complexity index is 151. The van der Waals surface area contributed by atoms with Crippen molar-refractivity contribution in [2.75, 3.05) is 0 Å². The standard InChI is InChI=1S/C9H18O2/c1-8(2,3)9(4,5)6-7(10)11/h6H2,1-5H3,(H,10,11). The van der Waals surface area contributed by atoms with E-state index in [2.05, 4.69) is 20.8 Å². The van der Waals surface area contributed by atoms with Crippen LogP contribution in [0, 0.1) is 10.8 Å². The Morgan fingerprint density at radius 2 is 1.55 bits per heavy atom. The van der Waals surface area contributed by atoms with E-state index in [9.17, 15) is 4.79 Å². The minimum Gasteiger partial charge on any atom is -0.481 e. The monoisotopic (exact) mass is 158 g/mol. The second-order valence-electron chi connectivity index (χ2n) is 4.70. The molecule has 0 aliphatic carbocycles. The molecule has 0 unspecified atom stereocenters. The number of carboxylic acid groups (broad SMARTS) is 1. The Balaban J connectivity index is 4.34. The predicted octanol–water partition coefficient (Wildman–Crippen LogP) is 2.53. The normalized spacial score (nSPS) is 13.2. The van der Waals surface area contributed by atoms with E-state index in [0.29, 0.717) is 0 Å². The summed E-state index contributed by atoms with van der Waals surface area (Å²) in [6, 6.07) is 0. The van der Waals surface area contributed by atoms with Gasteiger partial charge in [0.05, 0.1) is 6.42 Å². The summed E-state index contributed by atoms with van der Waals surface area (Å²) in [5.74, 6) is -0.718. The second kappa shape index (κ2) is 2.84. The highest BCUT2D eigenvalue weighted by atomic mass is 16.4. The SMILES string of the molecule is CC(C)(C)C(C)(C)CC(=O)O. The summed E-state index contributed by atoms with van der Waals surface area (Å²) in [5, 5.41) is 8.61. The van der Waals surface area contributed by atoms with Gasteiger partial charge >= 0.3 is 5.97 Å². The molecule has 0 aromatic rings. The van der Waals surface area contributed by atoms with Crippen LogP contribution in [0.2, 0.25) is 0 Å². The lowest BCUT2D eigenvalue weighted by Gasteiger charge is -2.37. The van der Waals surface area contributed by atoms with Gasteiger partial charge in [0.1, 0.15) is 0 Å². The van der Waals surface area contributed by atoms with E-state index in [4.69, 9.17) is 5.11 Å². The van der Waals surface area contributed by atoms with E-state index in [1.165, 1.54) is 0 Å². The molecule has 0 heterocycles. The number of hydrogen-bond donors (Lipinski definition) is 1. The number of aliphatic carboxylic acids is 1. The van der Waals surface area contributed by atoms with E-state index in [1.807, 2.05) is 13.8 Å². The smallest absolute Gasteiger partial charge is 0.303 e. The van der Waals surface area contributed by atoms with Gasteiger partial charge in [-0.2, -0.15) is 0 Å². The Hall–Kier alpha value is -0.530. The van der Waals surface area contributed by atoms with Crippen molar-refractivity contribution in [2.45, 2.75) is 41.0 Å². The van der Waals surface area contributed by atoms with Gasteiger partial charge in [-0.05, 0) is 10.8 Å². The van der Waals surface area contributed by atoms with E-state index in [-0.39, 0.29) is 17.3 Å². The zero-order chi connectivity index (χ0) is 9.28. The van der Waals surface area contributed by atoms with Gasteiger partial charge in [-0.15, -0.1) is 0 Å². The molecule has 66 valence electrons. The van der Waals surface area contributed by atoms with E-state index >= 15 is 0 Å². The molecule has 0 aromatic carbocycles. The van der Waals surface area contributed by atoms with Crippen molar-refractivity contribution in [3.8, 4) is 0 Å². The molecule has 0 amide bonds. The number of carbonyl (C=O) groups is 1. The topological polar surface area (TPSA) is 37.3 Å².